The fourth-order valence-corrected chi connectivity index (χ4v) is 2.13. The summed E-state index contributed by atoms with van der Waals surface area (Å²) < 4.78 is 11.0. The first-order valence-corrected chi connectivity index (χ1v) is 6.85. The standard InChI is InChI=1S/C15H23NO3/c1-11(2)16-7-6-15(3,17)12-4-5-13-14(10-12)19-9-8-18-13/h4-5,10-11,16-17H,6-9H2,1-3H3. The molecule has 19 heavy (non-hydrogen) atoms. The molecule has 2 N–H and O–H groups in total. The van der Waals surface area contributed by atoms with Crippen LogP contribution in [0.15, 0.2) is 18.2 Å². The van der Waals surface area contributed by atoms with Crippen molar-refractivity contribution in [3.8, 4) is 11.5 Å². The van der Waals surface area contributed by atoms with Gasteiger partial charge in [-0.15, -0.1) is 0 Å². The Hall–Kier alpha value is -1.26. The molecule has 1 unspecified atom stereocenters. The highest BCUT2D eigenvalue weighted by molar-refractivity contribution is 5.45. The van der Waals surface area contributed by atoms with E-state index in [4.69, 9.17) is 9.47 Å². The van der Waals surface area contributed by atoms with Crippen LogP contribution in [0.5, 0.6) is 11.5 Å². The highest BCUT2D eigenvalue weighted by atomic mass is 16.6. The lowest BCUT2D eigenvalue weighted by molar-refractivity contribution is 0.0469. The number of hydrogen-bond acceptors (Lipinski definition) is 4. The van der Waals surface area contributed by atoms with Crippen molar-refractivity contribution < 1.29 is 14.6 Å². The zero-order valence-electron chi connectivity index (χ0n) is 11.9. The van der Waals surface area contributed by atoms with Crippen LogP contribution < -0.4 is 14.8 Å². The monoisotopic (exact) mass is 265 g/mol. The van der Waals surface area contributed by atoms with E-state index in [2.05, 4.69) is 19.2 Å². The summed E-state index contributed by atoms with van der Waals surface area (Å²) in [5.74, 6) is 1.48. The van der Waals surface area contributed by atoms with Gasteiger partial charge in [-0.25, -0.2) is 0 Å². The second kappa shape index (κ2) is 5.80. The maximum atomic E-state index is 10.6. The summed E-state index contributed by atoms with van der Waals surface area (Å²) in [6.07, 6.45) is 0.658. The Kier molecular flexibility index (Phi) is 4.32. The Morgan fingerprint density at radius 1 is 1.26 bits per heavy atom. The smallest absolute Gasteiger partial charge is 0.161 e. The van der Waals surface area contributed by atoms with Crippen LogP contribution in [-0.4, -0.2) is 30.9 Å². The molecule has 1 atom stereocenters. The van der Waals surface area contributed by atoms with Gasteiger partial charge >= 0.3 is 0 Å². The van der Waals surface area contributed by atoms with E-state index in [-0.39, 0.29) is 0 Å². The number of aliphatic hydroxyl groups is 1. The molecule has 0 spiro atoms. The minimum absolute atomic E-state index is 0.427. The zero-order chi connectivity index (χ0) is 13.9. The average Bonchev–Trinajstić information content (AvgIpc) is 2.37. The molecule has 1 heterocycles. The fourth-order valence-electron chi connectivity index (χ4n) is 2.13. The van der Waals surface area contributed by atoms with Crippen LogP contribution in [0.4, 0.5) is 0 Å². The van der Waals surface area contributed by atoms with Crippen molar-refractivity contribution in [2.24, 2.45) is 0 Å². The van der Waals surface area contributed by atoms with Crippen molar-refractivity contribution in [1.82, 2.24) is 5.32 Å². The van der Waals surface area contributed by atoms with E-state index in [9.17, 15) is 5.11 Å². The molecule has 0 bridgehead atoms. The SMILES string of the molecule is CC(C)NCCC(C)(O)c1ccc2c(c1)OCCO2. The van der Waals surface area contributed by atoms with Gasteiger partial charge in [-0.05, 0) is 37.6 Å². The molecular weight excluding hydrogens is 242 g/mol. The van der Waals surface area contributed by atoms with E-state index < -0.39 is 5.60 Å². The fraction of sp³-hybridized carbons (Fsp3) is 0.600. The molecule has 4 nitrogen and oxygen atoms in total. The van der Waals surface area contributed by atoms with Crippen LogP contribution in [0.3, 0.4) is 0 Å². The lowest BCUT2D eigenvalue weighted by Gasteiger charge is -2.27. The quantitative estimate of drug-likeness (QED) is 0.855. The third-order valence-corrected chi connectivity index (χ3v) is 3.33. The summed E-state index contributed by atoms with van der Waals surface area (Å²) in [5, 5.41) is 13.9. The van der Waals surface area contributed by atoms with Crippen LogP contribution in [-0.2, 0) is 5.60 Å². The first kappa shape index (κ1) is 14.2. The van der Waals surface area contributed by atoms with Gasteiger partial charge in [-0.2, -0.15) is 0 Å². The average molecular weight is 265 g/mol. The molecular formula is C15H23NO3. The third kappa shape index (κ3) is 3.61. The van der Waals surface area contributed by atoms with Crippen LogP contribution in [0.1, 0.15) is 32.8 Å². The zero-order valence-corrected chi connectivity index (χ0v) is 11.9. The minimum Gasteiger partial charge on any atom is -0.486 e. The lowest BCUT2D eigenvalue weighted by atomic mass is 9.92. The van der Waals surface area contributed by atoms with Crippen LogP contribution >= 0.6 is 0 Å². The van der Waals surface area contributed by atoms with E-state index >= 15 is 0 Å². The molecule has 0 radical (unpaired) electrons. The van der Waals surface area contributed by atoms with Crippen molar-refractivity contribution in [2.75, 3.05) is 19.8 Å². The van der Waals surface area contributed by atoms with Gasteiger partial charge in [-0.3, -0.25) is 0 Å². The van der Waals surface area contributed by atoms with Gasteiger partial charge in [0, 0.05) is 6.04 Å². The highest BCUT2D eigenvalue weighted by Gasteiger charge is 2.25. The van der Waals surface area contributed by atoms with E-state index in [1.807, 2.05) is 25.1 Å². The number of benzene rings is 1. The molecule has 0 amide bonds. The number of rotatable bonds is 5. The largest absolute Gasteiger partial charge is 0.486 e. The molecule has 0 fully saturated rings. The van der Waals surface area contributed by atoms with Crippen molar-refractivity contribution in [1.29, 1.82) is 0 Å². The minimum atomic E-state index is -0.863. The number of fused-ring (bicyclic) bond motifs is 1. The highest BCUT2D eigenvalue weighted by Crippen LogP contribution is 2.35. The molecule has 1 aliphatic heterocycles. The second-order valence-corrected chi connectivity index (χ2v) is 5.49. The topological polar surface area (TPSA) is 50.7 Å². The Morgan fingerprint density at radius 3 is 2.63 bits per heavy atom. The van der Waals surface area contributed by atoms with Gasteiger partial charge in [0.05, 0.1) is 5.60 Å². The Balaban J connectivity index is 2.07. The molecule has 0 aromatic heterocycles. The van der Waals surface area contributed by atoms with Gasteiger partial charge in [0.25, 0.3) is 0 Å². The first-order valence-electron chi connectivity index (χ1n) is 6.85. The number of nitrogens with one attached hydrogen (secondary N) is 1. The van der Waals surface area contributed by atoms with Crippen molar-refractivity contribution in [3.63, 3.8) is 0 Å². The van der Waals surface area contributed by atoms with Crippen molar-refractivity contribution >= 4 is 0 Å². The molecule has 1 aliphatic rings. The molecule has 1 aromatic rings. The Bertz CT molecular complexity index is 429. The molecule has 0 aliphatic carbocycles. The Morgan fingerprint density at radius 2 is 1.95 bits per heavy atom. The molecule has 106 valence electrons. The molecule has 0 saturated carbocycles. The summed E-state index contributed by atoms with van der Waals surface area (Å²) >= 11 is 0. The molecule has 0 saturated heterocycles. The Labute approximate surface area is 114 Å². The van der Waals surface area contributed by atoms with Gasteiger partial charge in [0.15, 0.2) is 11.5 Å². The summed E-state index contributed by atoms with van der Waals surface area (Å²) in [5.41, 5.74) is -0.000120. The van der Waals surface area contributed by atoms with Gasteiger partial charge in [-0.1, -0.05) is 19.9 Å². The maximum absolute atomic E-state index is 10.6. The summed E-state index contributed by atoms with van der Waals surface area (Å²) in [4.78, 5) is 0. The molecule has 2 rings (SSSR count). The van der Waals surface area contributed by atoms with Gasteiger partial charge < -0.3 is 19.9 Å². The predicted octanol–water partition coefficient (Wildman–Crippen LogP) is 2.05. The number of hydrogen-bond donors (Lipinski definition) is 2. The maximum Gasteiger partial charge on any atom is 0.161 e. The predicted molar refractivity (Wildman–Crippen MR) is 74.8 cm³/mol. The van der Waals surface area contributed by atoms with E-state index in [1.165, 1.54) is 0 Å². The lowest BCUT2D eigenvalue weighted by Crippen LogP contribution is -2.31. The van der Waals surface area contributed by atoms with E-state index in [0.29, 0.717) is 25.7 Å². The van der Waals surface area contributed by atoms with Crippen molar-refractivity contribution in [2.45, 2.75) is 38.8 Å². The first-order chi connectivity index (χ1) is 8.99. The summed E-state index contributed by atoms with van der Waals surface area (Å²) in [6, 6.07) is 6.08. The second-order valence-electron chi connectivity index (χ2n) is 5.49. The van der Waals surface area contributed by atoms with E-state index in [1.54, 1.807) is 0 Å². The number of ether oxygens (including phenoxy) is 2. The van der Waals surface area contributed by atoms with Crippen LogP contribution in [0.2, 0.25) is 0 Å². The van der Waals surface area contributed by atoms with Crippen LogP contribution in [0.25, 0.3) is 0 Å². The summed E-state index contributed by atoms with van der Waals surface area (Å²) in [6.45, 7) is 7.95. The van der Waals surface area contributed by atoms with Crippen molar-refractivity contribution in [3.05, 3.63) is 23.8 Å². The van der Waals surface area contributed by atoms with Crippen LogP contribution in [0, 0.1) is 0 Å². The van der Waals surface area contributed by atoms with Gasteiger partial charge in [0.2, 0.25) is 0 Å². The normalized spacial score (nSPS) is 17.3. The molecule has 1 aromatic carbocycles. The van der Waals surface area contributed by atoms with Gasteiger partial charge in [0.1, 0.15) is 13.2 Å². The summed E-state index contributed by atoms with van der Waals surface area (Å²) in [7, 11) is 0. The van der Waals surface area contributed by atoms with E-state index in [0.717, 1.165) is 23.6 Å². The molecule has 4 heteroatoms. The third-order valence-electron chi connectivity index (χ3n) is 3.33.